The molecule has 2 heterocycles. The molecule has 22 heavy (non-hydrogen) atoms. The van der Waals surface area contributed by atoms with E-state index >= 15 is 0 Å². The van der Waals surface area contributed by atoms with E-state index in [0.717, 1.165) is 5.69 Å². The molecule has 2 amide bonds. The van der Waals surface area contributed by atoms with Gasteiger partial charge in [-0.15, -0.1) is 0 Å². The summed E-state index contributed by atoms with van der Waals surface area (Å²) in [5, 5.41) is 12.5. The zero-order valence-electron chi connectivity index (χ0n) is 12.8. The van der Waals surface area contributed by atoms with Crippen LogP contribution in [0, 0.1) is 12.8 Å². The van der Waals surface area contributed by atoms with Crippen LogP contribution < -0.4 is 15.4 Å². The Balaban J connectivity index is 1.61. The van der Waals surface area contributed by atoms with Crippen molar-refractivity contribution >= 4 is 17.5 Å². The highest BCUT2D eigenvalue weighted by Crippen LogP contribution is 2.46. The van der Waals surface area contributed by atoms with Crippen LogP contribution >= 0.6 is 0 Å². The van der Waals surface area contributed by atoms with Gasteiger partial charge >= 0.3 is 6.03 Å². The van der Waals surface area contributed by atoms with Crippen molar-refractivity contribution < 1.29 is 9.53 Å². The average Bonchev–Trinajstić information content (AvgIpc) is 3.04. The predicted octanol–water partition coefficient (Wildman–Crippen LogP) is 2.89. The van der Waals surface area contributed by atoms with Gasteiger partial charge < -0.3 is 10.1 Å². The Hall–Kier alpha value is -2.57. The molecule has 2 aromatic rings. The van der Waals surface area contributed by atoms with Crippen LogP contribution in [0.25, 0.3) is 0 Å². The van der Waals surface area contributed by atoms with Crippen molar-refractivity contribution in [1.29, 1.82) is 0 Å². The highest BCUT2D eigenvalue weighted by molar-refractivity contribution is 5.99. The number of nitrogens with one attached hydrogen (secondary N) is 3. The summed E-state index contributed by atoms with van der Waals surface area (Å²) in [7, 11) is 1.55. The molecule has 1 saturated carbocycles. The van der Waals surface area contributed by atoms with E-state index in [2.05, 4.69) is 32.7 Å². The summed E-state index contributed by atoms with van der Waals surface area (Å²) in [4.78, 5) is 16.2. The predicted molar refractivity (Wildman–Crippen MR) is 83.3 cm³/mol. The van der Waals surface area contributed by atoms with E-state index in [4.69, 9.17) is 4.74 Å². The van der Waals surface area contributed by atoms with Crippen molar-refractivity contribution in [2.45, 2.75) is 26.2 Å². The second-order valence-corrected chi connectivity index (χ2v) is 5.59. The molecule has 1 fully saturated rings. The third-order valence-corrected chi connectivity index (χ3v) is 3.87. The van der Waals surface area contributed by atoms with Crippen LogP contribution in [-0.4, -0.2) is 28.3 Å². The Morgan fingerprint density at radius 2 is 2.18 bits per heavy atom. The quantitative estimate of drug-likeness (QED) is 0.809. The van der Waals surface area contributed by atoms with E-state index < -0.39 is 0 Å². The molecule has 2 atom stereocenters. The second-order valence-electron chi connectivity index (χ2n) is 5.59. The summed E-state index contributed by atoms with van der Waals surface area (Å²) in [6.07, 6.45) is 1.17. The van der Waals surface area contributed by atoms with Crippen LogP contribution in [0.1, 0.15) is 30.7 Å². The molecule has 1 aliphatic carbocycles. The number of carbonyl (C=O) groups is 1. The third kappa shape index (κ3) is 3.03. The molecule has 0 bridgehead atoms. The van der Waals surface area contributed by atoms with Gasteiger partial charge in [0, 0.05) is 23.7 Å². The number of rotatable bonds is 4. The summed E-state index contributed by atoms with van der Waals surface area (Å²) < 4.78 is 5.04. The van der Waals surface area contributed by atoms with E-state index in [1.54, 1.807) is 26.2 Å². The number of aromatic nitrogens is 3. The van der Waals surface area contributed by atoms with Gasteiger partial charge in [-0.25, -0.2) is 9.78 Å². The van der Waals surface area contributed by atoms with Crippen molar-refractivity contribution in [2.75, 3.05) is 17.7 Å². The van der Waals surface area contributed by atoms with Gasteiger partial charge in [0.05, 0.1) is 18.5 Å². The van der Waals surface area contributed by atoms with Crippen LogP contribution in [0.15, 0.2) is 18.2 Å². The Kier molecular flexibility index (Phi) is 3.70. The van der Waals surface area contributed by atoms with E-state index in [-0.39, 0.29) is 6.03 Å². The molecule has 0 aliphatic heterocycles. The van der Waals surface area contributed by atoms with Gasteiger partial charge in [0.25, 0.3) is 0 Å². The lowest BCUT2D eigenvalue weighted by Crippen LogP contribution is -2.20. The molecular formula is C15H19N5O2. The summed E-state index contributed by atoms with van der Waals surface area (Å²) in [6, 6.07) is 4.98. The summed E-state index contributed by atoms with van der Waals surface area (Å²) in [6.45, 7) is 4.00. The average molecular weight is 301 g/mol. The molecule has 3 N–H and O–H groups in total. The minimum Gasteiger partial charge on any atom is -0.481 e. The number of nitrogens with zero attached hydrogens (tertiary/aromatic N) is 2. The zero-order chi connectivity index (χ0) is 15.7. The van der Waals surface area contributed by atoms with Crippen molar-refractivity contribution in [3.63, 3.8) is 0 Å². The van der Waals surface area contributed by atoms with E-state index in [1.807, 2.05) is 6.07 Å². The number of H-pyrrole nitrogens is 1. The standard InChI is InChI=1S/C15H19N5O2/c1-8-6-10(8)12-7-13(20-19-12)18-15(21)17-11-4-5-14(22-3)16-9(11)2/h4-5,7-8,10H,6H2,1-3H3,(H3,17,18,19,20,21). The van der Waals surface area contributed by atoms with Crippen molar-refractivity contribution in [2.24, 2.45) is 5.92 Å². The number of amides is 2. The van der Waals surface area contributed by atoms with Gasteiger partial charge in [0.2, 0.25) is 5.88 Å². The number of methoxy groups -OCH3 is 1. The Morgan fingerprint density at radius 1 is 1.41 bits per heavy atom. The monoisotopic (exact) mass is 301 g/mol. The lowest BCUT2D eigenvalue weighted by Gasteiger charge is -2.09. The topological polar surface area (TPSA) is 91.9 Å². The van der Waals surface area contributed by atoms with Gasteiger partial charge in [-0.2, -0.15) is 5.10 Å². The molecule has 2 aromatic heterocycles. The molecule has 0 radical (unpaired) electrons. The van der Waals surface area contributed by atoms with Gasteiger partial charge in [-0.05, 0) is 25.3 Å². The van der Waals surface area contributed by atoms with Crippen LogP contribution in [0.4, 0.5) is 16.3 Å². The number of hydrogen-bond donors (Lipinski definition) is 3. The molecule has 0 saturated heterocycles. The molecule has 2 unspecified atom stereocenters. The van der Waals surface area contributed by atoms with E-state index in [1.165, 1.54) is 6.42 Å². The molecule has 7 heteroatoms. The lowest BCUT2D eigenvalue weighted by atomic mass is 10.2. The summed E-state index contributed by atoms with van der Waals surface area (Å²) in [5.41, 5.74) is 2.39. The first-order chi connectivity index (χ1) is 10.6. The fourth-order valence-corrected chi connectivity index (χ4v) is 2.40. The van der Waals surface area contributed by atoms with E-state index in [0.29, 0.717) is 34.9 Å². The fourth-order valence-electron chi connectivity index (χ4n) is 2.40. The Labute approximate surface area is 128 Å². The van der Waals surface area contributed by atoms with Gasteiger partial charge in [-0.1, -0.05) is 6.92 Å². The number of urea groups is 1. The van der Waals surface area contributed by atoms with Gasteiger partial charge in [0.1, 0.15) is 0 Å². The first-order valence-electron chi connectivity index (χ1n) is 7.21. The number of hydrogen-bond acceptors (Lipinski definition) is 4. The third-order valence-electron chi connectivity index (χ3n) is 3.87. The molecular weight excluding hydrogens is 282 g/mol. The number of aryl methyl sites for hydroxylation is 1. The van der Waals surface area contributed by atoms with Gasteiger partial charge in [0.15, 0.2) is 5.82 Å². The maximum Gasteiger partial charge on any atom is 0.324 e. The Bertz CT molecular complexity index is 697. The molecule has 3 rings (SSSR count). The molecule has 0 aromatic carbocycles. The second kappa shape index (κ2) is 5.67. The lowest BCUT2D eigenvalue weighted by molar-refractivity contribution is 0.262. The largest absolute Gasteiger partial charge is 0.481 e. The molecule has 1 aliphatic rings. The normalized spacial score (nSPS) is 19.6. The number of pyridine rings is 1. The zero-order valence-corrected chi connectivity index (χ0v) is 12.8. The fraction of sp³-hybridized carbons (Fsp3) is 0.400. The maximum atomic E-state index is 12.0. The van der Waals surface area contributed by atoms with Gasteiger partial charge in [-0.3, -0.25) is 10.4 Å². The maximum absolute atomic E-state index is 12.0. The van der Waals surface area contributed by atoms with Crippen molar-refractivity contribution in [1.82, 2.24) is 15.2 Å². The highest BCUT2D eigenvalue weighted by Gasteiger charge is 2.35. The summed E-state index contributed by atoms with van der Waals surface area (Å²) >= 11 is 0. The molecule has 7 nitrogen and oxygen atoms in total. The van der Waals surface area contributed by atoms with Crippen LogP contribution in [0.5, 0.6) is 5.88 Å². The number of anilines is 2. The molecule has 116 valence electrons. The minimum atomic E-state index is -0.350. The Morgan fingerprint density at radius 3 is 2.82 bits per heavy atom. The summed E-state index contributed by atoms with van der Waals surface area (Å²) in [5.74, 6) is 2.26. The first kappa shape index (κ1) is 14.4. The van der Waals surface area contributed by atoms with Crippen LogP contribution in [0.3, 0.4) is 0 Å². The minimum absolute atomic E-state index is 0.350. The van der Waals surface area contributed by atoms with Crippen molar-refractivity contribution in [3.05, 3.63) is 29.6 Å². The first-order valence-corrected chi connectivity index (χ1v) is 7.21. The number of carbonyl (C=O) groups excluding carboxylic acids is 1. The number of ether oxygens (including phenoxy) is 1. The SMILES string of the molecule is COc1ccc(NC(=O)Nc2cc(C3CC3C)[nH]n2)c(C)n1. The number of aromatic amines is 1. The highest BCUT2D eigenvalue weighted by atomic mass is 16.5. The van der Waals surface area contributed by atoms with Crippen molar-refractivity contribution in [3.8, 4) is 5.88 Å². The van der Waals surface area contributed by atoms with E-state index in [9.17, 15) is 4.79 Å². The van der Waals surface area contributed by atoms with Crippen LogP contribution in [0.2, 0.25) is 0 Å². The molecule has 0 spiro atoms. The van der Waals surface area contributed by atoms with Crippen LogP contribution in [-0.2, 0) is 0 Å². The smallest absolute Gasteiger partial charge is 0.324 e.